The molecule has 0 bridgehead atoms. The second-order valence-corrected chi connectivity index (χ2v) is 5.82. The molecular formula is C16H27N3O. The molecular weight excluding hydrogens is 250 g/mol. The van der Waals surface area contributed by atoms with Crippen molar-refractivity contribution in [3.05, 3.63) is 23.9 Å². The molecule has 1 heterocycles. The van der Waals surface area contributed by atoms with Crippen molar-refractivity contribution >= 4 is 11.7 Å². The third-order valence-corrected chi connectivity index (χ3v) is 3.59. The van der Waals surface area contributed by atoms with Crippen molar-refractivity contribution in [1.82, 2.24) is 10.3 Å². The van der Waals surface area contributed by atoms with Gasteiger partial charge in [0.25, 0.3) is 5.91 Å². The number of amides is 1. The normalized spacial score (nSPS) is 11.2. The average molecular weight is 277 g/mol. The van der Waals surface area contributed by atoms with Gasteiger partial charge in [0.2, 0.25) is 0 Å². The number of nitrogens with one attached hydrogen (secondary N) is 2. The minimum Gasteiger partial charge on any atom is -0.370 e. The van der Waals surface area contributed by atoms with Gasteiger partial charge < -0.3 is 10.6 Å². The first-order valence-corrected chi connectivity index (χ1v) is 7.43. The van der Waals surface area contributed by atoms with Gasteiger partial charge in [-0.1, -0.05) is 27.7 Å². The highest BCUT2D eigenvalue weighted by Crippen LogP contribution is 2.20. The zero-order valence-corrected chi connectivity index (χ0v) is 13.2. The second kappa shape index (κ2) is 7.88. The molecule has 0 atom stereocenters. The number of anilines is 1. The Morgan fingerprint density at radius 2 is 1.85 bits per heavy atom. The van der Waals surface area contributed by atoms with Gasteiger partial charge in [0.05, 0.1) is 5.56 Å². The summed E-state index contributed by atoms with van der Waals surface area (Å²) in [7, 11) is 0. The van der Waals surface area contributed by atoms with Crippen LogP contribution in [0.2, 0.25) is 0 Å². The van der Waals surface area contributed by atoms with E-state index in [9.17, 15) is 4.79 Å². The van der Waals surface area contributed by atoms with Crippen LogP contribution in [0.4, 0.5) is 5.82 Å². The van der Waals surface area contributed by atoms with Crippen LogP contribution in [0.25, 0.3) is 0 Å². The lowest BCUT2D eigenvalue weighted by atomic mass is 9.85. The maximum absolute atomic E-state index is 11.6. The minimum atomic E-state index is -0.0752. The van der Waals surface area contributed by atoms with E-state index in [1.807, 2.05) is 13.0 Å². The highest BCUT2D eigenvalue weighted by molar-refractivity contribution is 5.93. The van der Waals surface area contributed by atoms with Crippen LogP contribution in [0.15, 0.2) is 18.3 Å². The van der Waals surface area contributed by atoms with Crippen molar-refractivity contribution in [3.8, 4) is 0 Å². The Kier molecular flexibility index (Phi) is 6.49. The predicted octanol–water partition coefficient (Wildman–Crippen LogP) is 3.17. The summed E-state index contributed by atoms with van der Waals surface area (Å²) in [5.41, 5.74) is 0.599. The Morgan fingerprint density at radius 1 is 1.20 bits per heavy atom. The fourth-order valence-electron chi connectivity index (χ4n) is 2.36. The number of aromatic nitrogens is 1. The lowest BCUT2D eigenvalue weighted by Crippen LogP contribution is -2.25. The van der Waals surface area contributed by atoms with Crippen LogP contribution in [0.1, 0.15) is 45.0 Å². The molecule has 0 fully saturated rings. The van der Waals surface area contributed by atoms with Gasteiger partial charge in [-0.05, 0) is 36.8 Å². The maximum Gasteiger partial charge on any atom is 0.252 e. The van der Waals surface area contributed by atoms with E-state index in [1.54, 1.807) is 12.3 Å². The number of hydrogen-bond acceptors (Lipinski definition) is 3. The molecule has 20 heavy (non-hydrogen) atoms. The van der Waals surface area contributed by atoms with Gasteiger partial charge in [-0.2, -0.15) is 0 Å². The third-order valence-electron chi connectivity index (χ3n) is 3.59. The van der Waals surface area contributed by atoms with Crippen molar-refractivity contribution < 1.29 is 4.79 Å². The van der Waals surface area contributed by atoms with E-state index < -0.39 is 0 Å². The molecule has 2 N–H and O–H groups in total. The molecule has 4 nitrogen and oxygen atoms in total. The molecule has 1 rings (SSSR count). The first kappa shape index (κ1) is 16.5. The average Bonchev–Trinajstić information content (AvgIpc) is 2.39. The first-order chi connectivity index (χ1) is 9.45. The number of hydrogen-bond donors (Lipinski definition) is 2. The second-order valence-electron chi connectivity index (χ2n) is 5.82. The Balaban J connectivity index is 2.59. The zero-order chi connectivity index (χ0) is 15.1. The smallest absolute Gasteiger partial charge is 0.252 e. The van der Waals surface area contributed by atoms with Crippen molar-refractivity contribution in [2.45, 2.75) is 34.6 Å². The molecule has 0 saturated carbocycles. The van der Waals surface area contributed by atoms with E-state index in [1.165, 1.54) is 0 Å². The van der Waals surface area contributed by atoms with E-state index in [2.05, 4.69) is 43.3 Å². The summed E-state index contributed by atoms with van der Waals surface area (Å²) in [6, 6.07) is 3.67. The van der Waals surface area contributed by atoms with Crippen LogP contribution in [0, 0.1) is 17.8 Å². The van der Waals surface area contributed by atoms with Gasteiger partial charge in [0.1, 0.15) is 5.82 Å². The largest absolute Gasteiger partial charge is 0.370 e. The monoisotopic (exact) mass is 277 g/mol. The molecule has 0 radical (unpaired) electrons. The summed E-state index contributed by atoms with van der Waals surface area (Å²) in [6.07, 6.45) is 1.62. The van der Waals surface area contributed by atoms with Crippen LogP contribution in [-0.4, -0.2) is 24.0 Å². The molecule has 0 aliphatic carbocycles. The van der Waals surface area contributed by atoms with Crippen LogP contribution < -0.4 is 10.6 Å². The Labute approximate surface area is 122 Å². The molecule has 0 unspecified atom stereocenters. The lowest BCUT2D eigenvalue weighted by molar-refractivity contribution is 0.0955. The van der Waals surface area contributed by atoms with Gasteiger partial charge >= 0.3 is 0 Å². The van der Waals surface area contributed by atoms with Crippen LogP contribution in [-0.2, 0) is 0 Å². The van der Waals surface area contributed by atoms with Crippen molar-refractivity contribution in [2.75, 3.05) is 18.4 Å². The third kappa shape index (κ3) is 4.83. The summed E-state index contributed by atoms with van der Waals surface area (Å²) in [4.78, 5) is 15.9. The van der Waals surface area contributed by atoms with Crippen LogP contribution >= 0.6 is 0 Å². The molecule has 0 saturated heterocycles. The summed E-state index contributed by atoms with van der Waals surface area (Å²) >= 11 is 0. The quantitative estimate of drug-likeness (QED) is 0.805. The molecule has 0 aromatic carbocycles. The fraction of sp³-hybridized carbons (Fsp3) is 0.625. The van der Waals surface area contributed by atoms with Gasteiger partial charge in [-0.25, -0.2) is 4.98 Å². The van der Waals surface area contributed by atoms with Crippen molar-refractivity contribution in [1.29, 1.82) is 0 Å². The molecule has 0 aliphatic rings. The molecule has 1 aromatic rings. The van der Waals surface area contributed by atoms with Crippen LogP contribution in [0.3, 0.4) is 0 Å². The van der Waals surface area contributed by atoms with Gasteiger partial charge in [0.15, 0.2) is 0 Å². The Bertz CT molecular complexity index is 404. The number of rotatable bonds is 7. The highest BCUT2D eigenvalue weighted by Gasteiger charge is 2.17. The fourth-order valence-corrected chi connectivity index (χ4v) is 2.36. The summed E-state index contributed by atoms with van der Waals surface area (Å²) in [6.45, 7) is 12.4. The highest BCUT2D eigenvalue weighted by atomic mass is 16.1. The molecule has 1 aromatic heterocycles. The number of carbonyl (C=O) groups is 1. The van der Waals surface area contributed by atoms with Crippen molar-refractivity contribution in [2.24, 2.45) is 17.8 Å². The Morgan fingerprint density at radius 3 is 2.30 bits per heavy atom. The van der Waals surface area contributed by atoms with Gasteiger partial charge in [-0.15, -0.1) is 0 Å². The summed E-state index contributed by atoms with van der Waals surface area (Å²) in [5.74, 6) is 2.63. The van der Waals surface area contributed by atoms with Gasteiger partial charge in [0, 0.05) is 19.3 Å². The van der Waals surface area contributed by atoms with E-state index in [0.29, 0.717) is 29.9 Å². The number of carbonyl (C=O) groups excluding carboxylic acids is 1. The van der Waals surface area contributed by atoms with E-state index in [0.717, 1.165) is 12.4 Å². The lowest BCUT2D eigenvalue weighted by Gasteiger charge is -2.25. The first-order valence-electron chi connectivity index (χ1n) is 7.43. The molecule has 0 aliphatic heterocycles. The molecule has 0 spiro atoms. The summed E-state index contributed by atoms with van der Waals surface area (Å²) < 4.78 is 0. The molecule has 112 valence electrons. The molecule has 1 amide bonds. The van der Waals surface area contributed by atoms with Crippen molar-refractivity contribution in [3.63, 3.8) is 0 Å². The standard InChI is InChI=1S/C16H27N3O/c1-6-17-16(20)13-7-8-15(18-9-13)19-10-14(11(2)3)12(4)5/h7-9,11-12,14H,6,10H2,1-5H3,(H,17,20)(H,18,19). The van der Waals surface area contributed by atoms with Crippen LogP contribution in [0.5, 0.6) is 0 Å². The minimum absolute atomic E-state index is 0.0752. The van der Waals surface area contributed by atoms with E-state index in [-0.39, 0.29) is 5.91 Å². The zero-order valence-electron chi connectivity index (χ0n) is 13.2. The number of pyridine rings is 1. The predicted molar refractivity (Wildman–Crippen MR) is 83.9 cm³/mol. The van der Waals surface area contributed by atoms with Gasteiger partial charge in [-0.3, -0.25) is 4.79 Å². The molecule has 4 heteroatoms. The topological polar surface area (TPSA) is 54.0 Å². The Hall–Kier alpha value is -1.58. The SMILES string of the molecule is CCNC(=O)c1ccc(NCC(C(C)C)C(C)C)nc1. The maximum atomic E-state index is 11.6. The summed E-state index contributed by atoms with van der Waals surface area (Å²) in [5, 5.41) is 6.12. The van der Waals surface area contributed by atoms with E-state index >= 15 is 0 Å². The van der Waals surface area contributed by atoms with E-state index in [4.69, 9.17) is 0 Å². The number of nitrogens with zero attached hydrogens (tertiary/aromatic N) is 1.